The van der Waals surface area contributed by atoms with Gasteiger partial charge in [-0.25, -0.2) is 0 Å². The number of para-hydroxylation sites is 1. The van der Waals surface area contributed by atoms with E-state index in [9.17, 15) is 0 Å². The Bertz CT molecular complexity index is 977. The van der Waals surface area contributed by atoms with Crippen LogP contribution < -0.4 is 14.2 Å². The van der Waals surface area contributed by atoms with Gasteiger partial charge < -0.3 is 18.9 Å². The minimum Gasteiger partial charge on any atom is -0.496 e. The van der Waals surface area contributed by atoms with E-state index >= 15 is 0 Å². The summed E-state index contributed by atoms with van der Waals surface area (Å²) >= 11 is 0. The van der Waals surface area contributed by atoms with E-state index in [1.165, 1.54) is 0 Å². The number of hydrogen-bond donors (Lipinski definition) is 0. The molecule has 6 nitrogen and oxygen atoms in total. The predicted molar refractivity (Wildman–Crippen MR) is 111 cm³/mol. The number of ether oxygens (including phenoxy) is 4. The fourth-order valence-corrected chi connectivity index (χ4v) is 3.61. The van der Waals surface area contributed by atoms with E-state index in [0.29, 0.717) is 18.9 Å². The molecule has 1 fully saturated rings. The van der Waals surface area contributed by atoms with Gasteiger partial charge in [0.05, 0.1) is 45.4 Å². The Balaban J connectivity index is 1.68. The van der Waals surface area contributed by atoms with Crippen molar-refractivity contribution in [1.29, 1.82) is 0 Å². The molecule has 0 radical (unpaired) electrons. The molecule has 29 heavy (non-hydrogen) atoms. The summed E-state index contributed by atoms with van der Waals surface area (Å²) < 4.78 is 24.6. The molecule has 0 saturated carbocycles. The van der Waals surface area contributed by atoms with Gasteiger partial charge in [0.2, 0.25) is 0 Å². The van der Waals surface area contributed by atoms with Crippen molar-refractivity contribution in [1.82, 2.24) is 9.78 Å². The van der Waals surface area contributed by atoms with Crippen LogP contribution in [0.4, 0.5) is 0 Å². The highest BCUT2D eigenvalue weighted by atomic mass is 16.6. The summed E-state index contributed by atoms with van der Waals surface area (Å²) in [6.07, 6.45) is 0.942. The number of methoxy groups -OCH3 is 2. The number of aromatic nitrogens is 2. The largest absolute Gasteiger partial charge is 0.496 e. The molecule has 0 spiro atoms. The minimum absolute atomic E-state index is 0.0550. The van der Waals surface area contributed by atoms with Gasteiger partial charge in [-0.1, -0.05) is 18.2 Å². The number of nitrogens with zero attached hydrogens (tertiary/aromatic N) is 2. The van der Waals surface area contributed by atoms with Crippen LogP contribution in [0.25, 0.3) is 11.3 Å². The summed E-state index contributed by atoms with van der Waals surface area (Å²) in [6.45, 7) is 3.96. The third-order valence-electron chi connectivity index (χ3n) is 5.06. The fourth-order valence-electron chi connectivity index (χ4n) is 3.61. The Hall–Kier alpha value is -2.99. The van der Waals surface area contributed by atoms with Crippen molar-refractivity contribution < 1.29 is 18.9 Å². The molecular weight excluding hydrogens is 368 g/mol. The SMILES string of the molecule is COc1ccccc1Cn1nc(C)cc1-c1ccc(OC)c(OC2CCOC2)c1. The van der Waals surface area contributed by atoms with Crippen molar-refractivity contribution in [3.05, 3.63) is 59.8 Å². The Morgan fingerprint density at radius 2 is 1.86 bits per heavy atom. The summed E-state index contributed by atoms with van der Waals surface area (Å²) in [4.78, 5) is 0. The maximum absolute atomic E-state index is 6.16. The molecule has 152 valence electrons. The lowest BCUT2D eigenvalue weighted by atomic mass is 10.1. The second-order valence-corrected chi connectivity index (χ2v) is 7.11. The van der Waals surface area contributed by atoms with Gasteiger partial charge in [-0.3, -0.25) is 4.68 Å². The van der Waals surface area contributed by atoms with Crippen molar-refractivity contribution in [3.8, 4) is 28.5 Å². The maximum atomic E-state index is 6.16. The first-order valence-electron chi connectivity index (χ1n) is 9.77. The Labute approximate surface area is 171 Å². The van der Waals surface area contributed by atoms with E-state index in [1.807, 2.05) is 48.0 Å². The van der Waals surface area contributed by atoms with Gasteiger partial charge in [0.1, 0.15) is 11.9 Å². The summed E-state index contributed by atoms with van der Waals surface area (Å²) in [7, 11) is 3.34. The molecule has 3 aromatic rings. The Morgan fingerprint density at radius 3 is 2.62 bits per heavy atom. The fraction of sp³-hybridized carbons (Fsp3) is 0.348. The molecular formula is C23H26N2O4. The van der Waals surface area contributed by atoms with Crippen LogP contribution in [0.15, 0.2) is 48.5 Å². The van der Waals surface area contributed by atoms with E-state index in [1.54, 1.807) is 14.2 Å². The van der Waals surface area contributed by atoms with E-state index in [0.717, 1.165) is 47.0 Å². The van der Waals surface area contributed by atoms with Crippen molar-refractivity contribution in [2.75, 3.05) is 27.4 Å². The van der Waals surface area contributed by atoms with Crippen LogP contribution >= 0.6 is 0 Å². The van der Waals surface area contributed by atoms with Crippen LogP contribution in [0.2, 0.25) is 0 Å². The zero-order valence-corrected chi connectivity index (χ0v) is 17.1. The first kappa shape index (κ1) is 19.3. The van der Waals surface area contributed by atoms with Gasteiger partial charge in [0, 0.05) is 17.5 Å². The monoisotopic (exact) mass is 394 g/mol. The first-order valence-corrected chi connectivity index (χ1v) is 9.77. The van der Waals surface area contributed by atoms with Gasteiger partial charge in [-0.2, -0.15) is 5.10 Å². The van der Waals surface area contributed by atoms with E-state index < -0.39 is 0 Å². The van der Waals surface area contributed by atoms with Crippen LogP contribution in [0.5, 0.6) is 17.2 Å². The van der Waals surface area contributed by atoms with Gasteiger partial charge >= 0.3 is 0 Å². The predicted octanol–water partition coefficient (Wildman–Crippen LogP) is 4.09. The summed E-state index contributed by atoms with van der Waals surface area (Å²) in [5, 5.41) is 4.70. The average Bonchev–Trinajstić information content (AvgIpc) is 3.38. The molecule has 2 aromatic carbocycles. The molecule has 4 rings (SSSR count). The third kappa shape index (κ3) is 4.22. The second kappa shape index (κ2) is 8.57. The van der Waals surface area contributed by atoms with Gasteiger partial charge in [0.15, 0.2) is 11.5 Å². The van der Waals surface area contributed by atoms with Crippen molar-refractivity contribution >= 4 is 0 Å². The van der Waals surface area contributed by atoms with Crippen LogP contribution in [-0.4, -0.2) is 43.3 Å². The maximum Gasteiger partial charge on any atom is 0.162 e. The number of hydrogen-bond acceptors (Lipinski definition) is 5. The summed E-state index contributed by atoms with van der Waals surface area (Å²) in [5.41, 5.74) is 4.07. The van der Waals surface area contributed by atoms with Crippen LogP contribution in [0.3, 0.4) is 0 Å². The molecule has 0 aliphatic carbocycles. The highest BCUT2D eigenvalue weighted by molar-refractivity contribution is 5.65. The van der Waals surface area contributed by atoms with Crippen LogP contribution in [0.1, 0.15) is 17.7 Å². The first-order chi connectivity index (χ1) is 14.2. The molecule has 1 atom stereocenters. The lowest BCUT2D eigenvalue weighted by Gasteiger charge is -2.17. The molecule has 0 N–H and O–H groups in total. The minimum atomic E-state index is 0.0550. The van der Waals surface area contributed by atoms with Crippen molar-refractivity contribution in [2.24, 2.45) is 0 Å². The van der Waals surface area contributed by atoms with Gasteiger partial charge in [-0.15, -0.1) is 0 Å². The van der Waals surface area contributed by atoms with Crippen LogP contribution in [-0.2, 0) is 11.3 Å². The standard InChI is InChI=1S/C23H26N2O4/c1-16-12-20(25(24-16)14-18-6-4-5-7-21(18)26-2)17-8-9-22(27-3)23(13-17)29-19-10-11-28-15-19/h4-9,12-13,19H,10-11,14-15H2,1-3H3. The molecule has 0 bridgehead atoms. The lowest BCUT2D eigenvalue weighted by molar-refractivity contribution is 0.138. The van der Waals surface area contributed by atoms with E-state index in [2.05, 4.69) is 12.1 Å². The lowest BCUT2D eigenvalue weighted by Crippen LogP contribution is -2.16. The second-order valence-electron chi connectivity index (χ2n) is 7.11. The molecule has 2 heterocycles. The molecule has 1 unspecified atom stereocenters. The van der Waals surface area contributed by atoms with Gasteiger partial charge in [0.25, 0.3) is 0 Å². The Morgan fingerprint density at radius 1 is 1.03 bits per heavy atom. The average molecular weight is 394 g/mol. The molecule has 1 saturated heterocycles. The zero-order valence-electron chi connectivity index (χ0n) is 17.1. The number of rotatable bonds is 7. The Kier molecular flexibility index (Phi) is 5.71. The summed E-state index contributed by atoms with van der Waals surface area (Å²) in [5.74, 6) is 2.29. The topological polar surface area (TPSA) is 54.7 Å². The highest BCUT2D eigenvalue weighted by Crippen LogP contribution is 2.34. The molecule has 1 aliphatic rings. The van der Waals surface area contributed by atoms with Crippen molar-refractivity contribution in [2.45, 2.75) is 26.0 Å². The molecule has 6 heteroatoms. The third-order valence-corrected chi connectivity index (χ3v) is 5.06. The number of aryl methyl sites for hydroxylation is 1. The van der Waals surface area contributed by atoms with Crippen LogP contribution in [0, 0.1) is 6.92 Å². The van der Waals surface area contributed by atoms with Gasteiger partial charge in [-0.05, 0) is 37.3 Å². The molecule has 1 aliphatic heterocycles. The van der Waals surface area contributed by atoms with E-state index in [-0.39, 0.29) is 6.10 Å². The molecule has 1 aromatic heterocycles. The summed E-state index contributed by atoms with van der Waals surface area (Å²) in [6, 6.07) is 16.1. The van der Waals surface area contributed by atoms with E-state index in [4.69, 9.17) is 24.0 Å². The smallest absolute Gasteiger partial charge is 0.162 e. The zero-order chi connectivity index (χ0) is 20.2. The number of benzene rings is 2. The molecule has 0 amide bonds. The quantitative estimate of drug-likeness (QED) is 0.604. The highest BCUT2D eigenvalue weighted by Gasteiger charge is 2.20. The normalized spacial score (nSPS) is 16.0. The van der Waals surface area contributed by atoms with Crippen molar-refractivity contribution in [3.63, 3.8) is 0 Å².